The van der Waals surface area contributed by atoms with E-state index in [1.54, 1.807) is 13.0 Å². The van der Waals surface area contributed by atoms with E-state index in [1.165, 1.54) is 6.07 Å². The van der Waals surface area contributed by atoms with Gasteiger partial charge in [0.25, 0.3) is 5.69 Å². The molecule has 1 aromatic rings. The van der Waals surface area contributed by atoms with Gasteiger partial charge in [0.2, 0.25) is 0 Å². The molecule has 18 heavy (non-hydrogen) atoms. The van der Waals surface area contributed by atoms with Gasteiger partial charge in [-0.05, 0) is 25.8 Å². The van der Waals surface area contributed by atoms with E-state index in [2.05, 4.69) is 5.32 Å². The summed E-state index contributed by atoms with van der Waals surface area (Å²) in [5.74, 6) is 0. The molecule has 5 nitrogen and oxygen atoms in total. The van der Waals surface area contributed by atoms with E-state index in [-0.39, 0.29) is 22.8 Å². The summed E-state index contributed by atoms with van der Waals surface area (Å²) in [4.78, 5) is 10.5. The predicted octanol–water partition coefficient (Wildman–Crippen LogP) is 2.62. The lowest BCUT2D eigenvalue weighted by atomic mass is 9.97. The molecule has 1 aliphatic carbocycles. The molecule has 0 bridgehead atoms. The quantitative estimate of drug-likeness (QED) is 0.636. The maximum absolute atomic E-state index is 10.9. The first-order chi connectivity index (χ1) is 8.58. The molecule has 5 heteroatoms. The number of aliphatic hydroxyl groups is 1. The third-order valence-electron chi connectivity index (χ3n) is 3.77. The van der Waals surface area contributed by atoms with E-state index in [9.17, 15) is 15.2 Å². The Labute approximate surface area is 106 Å². The molecule has 1 aromatic carbocycles. The zero-order chi connectivity index (χ0) is 13.2. The van der Waals surface area contributed by atoms with Crippen molar-refractivity contribution in [2.75, 3.05) is 11.9 Å². The number of nitrogens with zero attached hydrogens (tertiary/aromatic N) is 1. The van der Waals surface area contributed by atoms with E-state index < -0.39 is 0 Å². The Morgan fingerprint density at radius 2 is 2.11 bits per heavy atom. The molecule has 0 atom stereocenters. The van der Waals surface area contributed by atoms with Crippen molar-refractivity contribution < 1.29 is 10.0 Å². The van der Waals surface area contributed by atoms with Crippen LogP contribution in [0.15, 0.2) is 18.2 Å². The van der Waals surface area contributed by atoms with Crippen molar-refractivity contribution in [3.63, 3.8) is 0 Å². The fourth-order valence-corrected chi connectivity index (χ4v) is 2.62. The van der Waals surface area contributed by atoms with Crippen LogP contribution in [0.2, 0.25) is 0 Å². The van der Waals surface area contributed by atoms with Gasteiger partial charge >= 0.3 is 0 Å². The van der Waals surface area contributed by atoms with Crippen LogP contribution in [-0.4, -0.2) is 22.2 Å². The van der Waals surface area contributed by atoms with Crippen LogP contribution < -0.4 is 5.32 Å². The van der Waals surface area contributed by atoms with E-state index in [0.717, 1.165) is 31.4 Å². The van der Waals surface area contributed by atoms with Crippen LogP contribution in [0.5, 0.6) is 0 Å². The maximum atomic E-state index is 10.9. The predicted molar refractivity (Wildman–Crippen MR) is 69.7 cm³/mol. The first-order valence-corrected chi connectivity index (χ1v) is 6.21. The molecule has 0 amide bonds. The summed E-state index contributed by atoms with van der Waals surface area (Å²) in [6.07, 6.45) is 3.99. The number of anilines is 1. The summed E-state index contributed by atoms with van der Waals surface area (Å²) in [5.41, 5.74) is 1.19. The molecule has 0 unspecified atom stereocenters. The van der Waals surface area contributed by atoms with Crippen molar-refractivity contribution in [1.29, 1.82) is 0 Å². The first-order valence-electron chi connectivity index (χ1n) is 6.21. The topological polar surface area (TPSA) is 75.4 Å². The van der Waals surface area contributed by atoms with E-state index >= 15 is 0 Å². The summed E-state index contributed by atoms with van der Waals surface area (Å²) in [6, 6.07) is 5.01. The van der Waals surface area contributed by atoms with Gasteiger partial charge in [0.05, 0.1) is 17.1 Å². The Hall–Kier alpha value is -1.62. The van der Waals surface area contributed by atoms with Crippen molar-refractivity contribution >= 4 is 11.4 Å². The first kappa shape index (κ1) is 12.8. The van der Waals surface area contributed by atoms with Gasteiger partial charge in [0.15, 0.2) is 0 Å². The molecule has 0 heterocycles. The van der Waals surface area contributed by atoms with E-state index in [4.69, 9.17) is 0 Å². The van der Waals surface area contributed by atoms with Crippen LogP contribution in [0, 0.1) is 17.0 Å². The third-order valence-corrected chi connectivity index (χ3v) is 3.77. The molecular weight excluding hydrogens is 232 g/mol. The average Bonchev–Trinajstić information content (AvgIpc) is 2.81. The number of hydrogen-bond acceptors (Lipinski definition) is 4. The van der Waals surface area contributed by atoms with Gasteiger partial charge in [-0.3, -0.25) is 10.1 Å². The third kappa shape index (κ3) is 2.31. The van der Waals surface area contributed by atoms with Crippen molar-refractivity contribution in [3.8, 4) is 0 Å². The van der Waals surface area contributed by atoms with Crippen molar-refractivity contribution in [2.24, 2.45) is 0 Å². The second-order valence-electron chi connectivity index (χ2n) is 4.98. The van der Waals surface area contributed by atoms with Crippen molar-refractivity contribution in [1.82, 2.24) is 0 Å². The molecule has 1 aliphatic rings. The number of nitro benzene ring substituents is 1. The fraction of sp³-hybridized carbons (Fsp3) is 0.538. The van der Waals surface area contributed by atoms with E-state index in [1.807, 2.05) is 6.07 Å². The molecular formula is C13H18N2O3. The molecule has 0 spiro atoms. The Bertz CT molecular complexity index is 454. The number of nitrogens with one attached hydrogen (secondary N) is 1. The molecule has 2 rings (SSSR count). The van der Waals surface area contributed by atoms with Gasteiger partial charge in [0.1, 0.15) is 0 Å². The average molecular weight is 250 g/mol. The molecule has 0 saturated heterocycles. The molecule has 0 aliphatic heterocycles. The Balaban J connectivity index is 2.29. The zero-order valence-electron chi connectivity index (χ0n) is 10.5. The second-order valence-corrected chi connectivity index (χ2v) is 4.98. The van der Waals surface area contributed by atoms with Crippen LogP contribution in [0.3, 0.4) is 0 Å². The standard InChI is InChI=1S/C13H18N2O3/c1-10-11(5-4-6-12(10)15(17)18)14-13(9-16)7-2-3-8-13/h4-6,14,16H,2-3,7-9H2,1H3. The zero-order valence-corrected chi connectivity index (χ0v) is 10.5. The Morgan fingerprint density at radius 3 is 2.67 bits per heavy atom. The lowest BCUT2D eigenvalue weighted by Crippen LogP contribution is -2.39. The highest BCUT2D eigenvalue weighted by Gasteiger charge is 2.33. The van der Waals surface area contributed by atoms with Gasteiger partial charge in [-0.1, -0.05) is 18.9 Å². The largest absolute Gasteiger partial charge is 0.394 e. The number of nitro groups is 1. The monoisotopic (exact) mass is 250 g/mol. The highest BCUT2D eigenvalue weighted by atomic mass is 16.6. The highest BCUT2D eigenvalue weighted by Crippen LogP contribution is 2.35. The summed E-state index contributed by atoms with van der Waals surface area (Å²) >= 11 is 0. The van der Waals surface area contributed by atoms with Crippen molar-refractivity contribution in [2.45, 2.75) is 38.1 Å². The normalized spacial score (nSPS) is 17.7. The van der Waals surface area contributed by atoms with Gasteiger partial charge in [-0.2, -0.15) is 0 Å². The minimum absolute atomic E-state index is 0.0646. The summed E-state index contributed by atoms with van der Waals surface area (Å²) in [7, 11) is 0. The SMILES string of the molecule is Cc1c(NC2(CO)CCCC2)cccc1[N+](=O)[O-]. The highest BCUT2D eigenvalue weighted by molar-refractivity contribution is 5.61. The molecule has 2 N–H and O–H groups in total. The molecule has 1 fully saturated rings. The van der Waals surface area contributed by atoms with Crippen LogP contribution in [0.4, 0.5) is 11.4 Å². The van der Waals surface area contributed by atoms with Crippen LogP contribution >= 0.6 is 0 Å². The van der Waals surface area contributed by atoms with Crippen LogP contribution in [-0.2, 0) is 0 Å². The molecule has 0 aromatic heterocycles. The fourth-order valence-electron chi connectivity index (χ4n) is 2.62. The van der Waals surface area contributed by atoms with Crippen LogP contribution in [0.25, 0.3) is 0 Å². The maximum Gasteiger partial charge on any atom is 0.274 e. The van der Waals surface area contributed by atoms with Gasteiger partial charge < -0.3 is 10.4 Å². The van der Waals surface area contributed by atoms with Gasteiger partial charge in [-0.15, -0.1) is 0 Å². The van der Waals surface area contributed by atoms with Crippen LogP contribution in [0.1, 0.15) is 31.2 Å². The molecule has 98 valence electrons. The minimum atomic E-state index is -0.374. The molecule has 1 saturated carbocycles. The number of benzene rings is 1. The van der Waals surface area contributed by atoms with E-state index in [0.29, 0.717) is 5.56 Å². The summed E-state index contributed by atoms with van der Waals surface area (Å²) < 4.78 is 0. The lowest BCUT2D eigenvalue weighted by Gasteiger charge is -2.30. The lowest BCUT2D eigenvalue weighted by molar-refractivity contribution is -0.385. The van der Waals surface area contributed by atoms with Crippen molar-refractivity contribution in [3.05, 3.63) is 33.9 Å². The smallest absolute Gasteiger partial charge is 0.274 e. The number of aliphatic hydroxyl groups excluding tert-OH is 1. The second kappa shape index (κ2) is 4.94. The molecule has 0 radical (unpaired) electrons. The number of rotatable bonds is 4. The summed E-state index contributed by atoms with van der Waals surface area (Å²) in [6.45, 7) is 1.80. The number of hydrogen-bond donors (Lipinski definition) is 2. The Kier molecular flexibility index (Phi) is 3.52. The van der Waals surface area contributed by atoms with Gasteiger partial charge in [0, 0.05) is 17.3 Å². The summed E-state index contributed by atoms with van der Waals surface area (Å²) in [5, 5.41) is 23.8. The Morgan fingerprint density at radius 1 is 1.44 bits per heavy atom. The minimum Gasteiger partial charge on any atom is -0.394 e. The van der Waals surface area contributed by atoms with Gasteiger partial charge in [-0.25, -0.2) is 0 Å².